The lowest BCUT2D eigenvalue weighted by Gasteiger charge is -2.31. The molecule has 1 aliphatic rings. The quantitative estimate of drug-likeness (QED) is 0.898. The fraction of sp³-hybridized carbons (Fsp3) is 0.500. The number of piperidine rings is 1. The third kappa shape index (κ3) is 4.29. The zero-order chi connectivity index (χ0) is 15.2. The van der Waals surface area contributed by atoms with Gasteiger partial charge in [-0.1, -0.05) is 12.1 Å². The number of hydrogen-bond acceptors (Lipinski definition) is 3. The zero-order valence-electron chi connectivity index (χ0n) is 12.2. The number of carboxylic acid groups (broad SMARTS) is 1. The summed E-state index contributed by atoms with van der Waals surface area (Å²) in [6, 6.07) is 6.49. The number of rotatable bonds is 5. The van der Waals surface area contributed by atoms with E-state index in [0.717, 1.165) is 38.1 Å². The van der Waals surface area contributed by atoms with E-state index in [9.17, 15) is 9.59 Å². The van der Waals surface area contributed by atoms with E-state index in [-0.39, 0.29) is 11.5 Å². The lowest BCUT2D eigenvalue weighted by Crippen LogP contribution is -2.40. The standard InChI is InChI=1S/C16H21NO4/c1-21-11-13-6-8-17(9-7-13)15(18)10-12-2-4-14(5-3-12)16(19)20/h2-5,13H,6-11H2,1H3,(H,19,20). The summed E-state index contributed by atoms with van der Waals surface area (Å²) in [5.41, 5.74) is 1.09. The van der Waals surface area contributed by atoms with Crippen LogP contribution < -0.4 is 0 Å². The highest BCUT2D eigenvalue weighted by Crippen LogP contribution is 2.18. The molecule has 1 N–H and O–H groups in total. The number of carbonyl (C=O) groups excluding carboxylic acids is 1. The summed E-state index contributed by atoms with van der Waals surface area (Å²) in [6.07, 6.45) is 2.30. The topological polar surface area (TPSA) is 66.8 Å². The monoisotopic (exact) mass is 291 g/mol. The maximum absolute atomic E-state index is 12.2. The van der Waals surface area contributed by atoms with Gasteiger partial charge in [-0.2, -0.15) is 0 Å². The van der Waals surface area contributed by atoms with Crippen LogP contribution in [-0.4, -0.2) is 48.7 Å². The Morgan fingerprint density at radius 1 is 1.24 bits per heavy atom. The SMILES string of the molecule is COCC1CCN(C(=O)Cc2ccc(C(=O)O)cc2)CC1. The molecule has 5 heteroatoms. The minimum Gasteiger partial charge on any atom is -0.478 e. The van der Waals surface area contributed by atoms with Gasteiger partial charge >= 0.3 is 5.97 Å². The molecule has 1 aliphatic heterocycles. The summed E-state index contributed by atoms with van der Waals surface area (Å²) < 4.78 is 5.15. The Hall–Kier alpha value is -1.88. The fourth-order valence-corrected chi connectivity index (χ4v) is 2.64. The van der Waals surface area contributed by atoms with Crippen molar-refractivity contribution in [3.8, 4) is 0 Å². The van der Waals surface area contributed by atoms with Crippen molar-refractivity contribution < 1.29 is 19.4 Å². The van der Waals surface area contributed by atoms with Crippen LogP contribution in [0.5, 0.6) is 0 Å². The second-order valence-electron chi connectivity index (χ2n) is 5.46. The van der Waals surface area contributed by atoms with Crippen LogP contribution in [0, 0.1) is 5.92 Å². The normalized spacial score (nSPS) is 16.0. The Bertz CT molecular complexity index is 490. The molecule has 0 radical (unpaired) electrons. The fourth-order valence-electron chi connectivity index (χ4n) is 2.64. The van der Waals surface area contributed by atoms with Crippen molar-refractivity contribution in [3.63, 3.8) is 0 Å². The Labute approximate surface area is 124 Å². The van der Waals surface area contributed by atoms with Crippen molar-refractivity contribution in [2.24, 2.45) is 5.92 Å². The molecule has 1 fully saturated rings. The first-order valence-electron chi connectivity index (χ1n) is 7.19. The molecule has 114 valence electrons. The summed E-state index contributed by atoms with van der Waals surface area (Å²) in [6.45, 7) is 2.32. The molecule has 0 bridgehead atoms. The third-order valence-electron chi connectivity index (χ3n) is 3.93. The highest BCUT2D eigenvalue weighted by atomic mass is 16.5. The van der Waals surface area contributed by atoms with E-state index in [1.807, 2.05) is 4.90 Å². The number of aromatic carboxylic acids is 1. The minimum absolute atomic E-state index is 0.106. The zero-order valence-corrected chi connectivity index (χ0v) is 12.2. The highest BCUT2D eigenvalue weighted by molar-refractivity contribution is 5.87. The second-order valence-corrected chi connectivity index (χ2v) is 5.46. The van der Waals surface area contributed by atoms with Gasteiger partial charge in [0.1, 0.15) is 0 Å². The molecule has 1 amide bonds. The first kappa shape index (κ1) is 15.5. The summed E-state index contributed by atoms with van der Waals surface area (Å²) in [4.78, 5) is 24.9. The number of carbonyl (C=O) groups is 2. The van der Waals surface area contributed by atoms with Gasteiger partial charge in [0, 0.05) is 26.8 Å². The predicted octanol–water partition coefficient (Wildman–Crippen LogP) is 1.81. The van der Waals surface area contributed by atoms with E-state index in [2.05, 4.69) is 0 Å². The Balaban J connectivity index is 1.86. The van der Waals surface area contributed by atoms with Gasteiger partial charge < -0.3 is 14.7 Å². The van der Waals surface area contributed by atoms with Gasteiger partial charge in [0.15, 0.2) is 0 Å². The summed E-state index contributed by atoms with van der Waals surface area (Å²) in [5.74, 6) is -0.295. The maximum atomic E-state index is 12.2. The molecular formula is C16H21NO4. The average molecular weight is 291 g/mol. The average Bonchev–Trinajstić information content (AvgIpc) is 2.49. The van der Waals surface area contributed by atoms with E-state index >= 15 is 0 Å². The number of likely N-dealkylation sites (tertiary alicyclic amines) is 1. The van der Waals surface area contributed by atoms with E-state index in [1.54, 1.807) is 19.2 Å². The molecule has 1 heterocycles. The lowest BCUT2D eigenvalue weighted by molar-refractivity contribution is -0.132. The molecule has 2 rings (SSSR count). The van der Waals surface area contributed by atoms with Crippen LogP contribution in [0.4, 0.5) is 0 Å². The van der Waals surface area contributed by atoms with Gasteiger partial charge in [0.2, 0.25) is 5.91 Å². The molecule has 0 atom stereocenters. The third-order valence-corrected chi connectivity index (χ3v) is 3.93. The van der Waals surface area contributed by atoms with Crippen molar-refractivity contribution in [2.75, 3.05) is 26.8 Å². The molecule has 1 saturated heterocycles. The number of methoxy groups -OCH3 is 1. The number of amides is 1. The molecule has 1 aromatic carbocycles. The molecule has 21 heavy (non-hydrogen) atoms. The van der Waals surface area contributed by atoms with E-state index in [4.69, 9.17) is 9.84 Å². The minimum atomic E-state index is -0.951. The van der Waals surface area contributed by atoms with Crippen LogP contribution in [0.25, 0.3) is 0 Å². The summed E-state index contributed by atoms with van der Waals surface area (Å²) in [7, 11) is 1.71. The number of benzene rings is 1. The van der Waals surface area contributed by atoms with E-state index in [0.29, 0.717) is 12.3 Å². The first-order valence-corrected chi connectivity index (χ1v) is 7.19. The van der Waals surface area contributed by atoms with Crippen molar-refractivity contribution in [1.82, 2.24) is 4.90 Å². The molecule has 5 nitrogen and oxygen atoms in total. The Morgan fingerprint density at radius 3 is 2.38 bits per heavy atom. The lowest BCUT2D eigenvalue weighted by atomic mass is 9.97. The smallest absolute Gasteiger partial charge is 0.335 e. The summed E-state index contributed by atoms with van der Waals surface area (Å²) in [5, 5.41) is 8.84. The van der Waals surface area contributed by atoms with Crippen LogP contribution in [0.3, 0.4) is 0 Å². The Kier molecular flexibility index (Phi) is 5.33. The van der Waals surface area contributed by atoms with Gasteiger partial charge in [0.25, 0.3) is 0 Å². The van der Waals surface area contributed by atoms with Gasteiger partial charge in [-0.25, -0.2) is 4.79 Å². The maximum Gasteiger partial charge on any atom is 0.335 e. The van der Waals surface area contributed by atoms with Crippen molar-refractivity contribution >= 4 is 11.9 Å². The van der Waals surface area contributed by atoms with Gasteiger partial charge in [-0.15, -0.1) is 0 Å². The van der Waals surface area contributed by atoms with Crippen LogP contribution in [-0.2, 0) is 16.0 Å². The van der Waals surface area contributed by atoms with Crippen LogP contribution in [0.1, 0.15) is 28.8 Å². The second kappa shape index (κ2) is 7.22. The van der Waals surface area contributed by atoms with Gasteiger partial charge in [-0.05, 0) is 36.5 Å². The molecule has 0 unspecified atom stereocenters. The molecule has 0 saturated carbocycles. The van der Waals surface area contributed by atoms with E-state index < -0.39 is 5.97 Å². The predicted molar refractivity (Wildman–Crippen MR) is 78.3 cm³/mol. The summed E-state index contributed by atoms with van der Waals surface area (Å²) >= 11 is 0. The van der Waals surface area contributed by atoms with E-state index in [1.165, 1.54) is 12.1 Å². The number of carboxylic acids is 1. The highest BCUT2D eigenvalue weighted by Gasteiger charge is 2.22. The molecule has 1 aromatic rings. The van der Waals surface area contributed by atoms with Gasteiger partial charge in [0.05, 0.1) is 12.0 Å². The molecule has 0 spiro atoms. The first-order chi connectivity index (χ1) is 10.1. The molecule has 0 aromatic heterocycles. The van der Waals surface area contributed by atoms with Crippen molar-refractivity contribution in [3.05, 3.63) is 35.4 Å². The van der Waals surface area contributed by atoms with Crippen LogP contribution >= 0.6 is 0 Å². The van der Waals surface area contributed by atoms with Crippen molar-refractivity contribution in [2.45, 2.75) is 19.3 Å². The number of nitrogens with zero attached hydrogens (tertiary/aromatic N) is 1. The molecular weight excluding hydrogens is 270 g/mol. The van der Waals surface area contributed by atoms with Gasteiger partial charge in [-0.3, -0.25) is 4.79 Å². The van der Waals surface area contributed by atoms with Crippen molar-refractivity contribution in [1.29, 1.82) is 0 Å². The molecule has 0 aliphatic carbocycles. The van der Waals surface area contributed by atoms with Crippen LogP contribution in [0.2, 0.25) is 0 Å². The number of hydrogen-bond donors (Lipinski definition) is 1. The number of ether oxygens (including phenoxy) is 1. The largest absolute Gasteiger partial charge is 0.478 e. The Morgan fingerprint density at radius 2 is 1.86 bits per heavy atom. The van der Waals surface area contributed by atoms with Crippen LogP contribution in [0.15, 0.2) is 24.3 Å².